The summed E-state index contributed by atoms with van der Waals surface area (Å²) in [6.45, 7) is 5.81. The lowest BCUT2D eigenvalue weighted by Gasteiger charge is -2.11. The summed E-state index contributed by atoms with van der Waals surface area (Å²) in [4.78, 5) is 13.4. The lowest BCUT2D eigenvalue weighted by Crippen LogP contribution is -2.14. The molecule has 8 heteroatoms. The molecule has 34 heavy (non-hydrogen) atoms. The van der Waals surface area contributed by atoms with Crippen molar-refractivity contribution in [1.82, 2.24) is 9.78 Å². The topological polar surface area (TPSA) is 93.1 Å². The molecule has 174 valence electrons. The minimum atomic E-state index is -3.45. The van der Waals surface area contributed by atoms with Crippen molar-refractivity contribution in [1.29, 1.82) is 0 Å². The number of nitrogens with zero attached hydrogens (tertiary/aromatic N) is 2. The van der Waals surface area contributed by atoms with Gasteiger partial charge in [-0.15, -0.1) is 0 Å². The molecular weight excluding hydrogens is 448 g/mol. The van der Waals surface area contributed by atoms with Crippen molar-refractivity contribution in [3.63, 3.8) is 0 Å². The summed E-state index contributed by atoms with van der Waals surface area (Å²) in [7, 11) is -3.45. The van der Waals surface area contributed by atoms with Crippen LogP contribution < -0.4 is 10.0 Å². The average molecular weight is 475 g/mol. The van der Waals surface area contributed by atoms with Crippen molar-refractivity contribution in [3.05, 3.63) is 95.2 Å². The second kappa shape index (κ2) is 9.15. The highest BCUT2D eigenvalue weighted by Crippen LogP contribution is 2.29. The number of anilines is 2. The van der Waals surface area contributed by atoms with E-state index >= 15 is 0 Å². The van der Waals surface area contributed by atoms with E-state index in [2.05, 4.69) is 16.1 Å². The number of hydrogen-bond acceptors (Lipinski definition) is 4. The number of hydrogen-bond donors (Lipinski definition) is 2. The van der Waals surface area contributed by atoms with Gasteiger partial charge in [0, 0.05) is 17.4 Å². The smallest absolute Gasteiger partial charge is 0.259 e. The lowest BCUT2D eigenvalue weighted by molar-refractivity contribution is 0.102. The van der Waals surface area contributed by atoms with Gasteiger partial charge in [-0.05, 0) is 56.2 Å². The molecule has 0 fully saturated rings. The first-order valence-corrected chi connectivity index (χ1v) is 12.6. The van der Waals surface area contributed by atoms with Gasteiger partial charge in [0.1, 0.15) is 5.69 Å². The van der Waals surface area contributed by atoms with Gasteiger partial charge in [0.2, 0.25) is 10.0 Å². The summed E-state index contributed by atoms with van der Waals surface area (Å²) in [5.74, 6) is -0.341. The third kappa shape index (κ3) is 5.18. The van der Waals surface area contributed by atoms with Crippen LogP contribution in [0.2, 0.25) is 0 Å². The molecule has 0 aliphatic carbocycles. The van der Waals surface area contributed by atoms with E-state index in [1.165, 1.54) is 0 Å². The molecule has 4 rings (SSSR count). The number of amides is 1. The van der Waals surface area contributed by atoms with Gasteiger partial charge in [0.15, 0.2) is 0 Å². The number of benzene rings is 3. The van der Waals surface area contributed by atoms with Gasteiger partial charge in [-0.3, -0.25) is 9.52 Å². The third-order valence-corrected chi connectivity index (χ3v) is 6.00. The number of aromatic nitrogens is 2. The van der Waals surface area contributed by atoms with Gasteiger partial charge in [-0.1, -0.05) is 48.0 Å². The first-order valence-electron chi connectivity index (χ1n) is 10.7. The predicted molar refractivity (Wildman–Crippen MR) is 136 cm³/mol. The van der Waals surface area contributed by atoms with E-state index in [4.69, 9.17) is 5.10 Å². The van der Waals surface area contributed by atoms with Crippen molar-refractivity contribution in [2.45, 2.75) is 20.8 Å². The normalized spacial score (nSPS) is 11.3. The largest absolute Gasteiger partial charge is 0.322 e. The van der Waals surface area contributed by atoms with Gasteiger partial charge in [-0.2, -0.15) is 5.10 Å². The summed E-state index contributed by atoms with van der Waals surface area (Å²) >= 11 is 0. The maximum Gasteiger partial charge on any atom is 0.259 e. The molecule has 0 spiro atoms. The summed E-state index contributed by atoms with van der Waals surface area (Å²) in [5.41, 5.74) is 6.46. The van der Waals surface area contributed by atoms with Gasteiger partial charge >= 0.3 is 0 Å². The molecule has 0 atom stereocenters. The number of carbonyl (C=O) groups excluding carboxylic acids is 1. The highest BCUT2D eigenvalue weighted by Gasteiger charge is 2.20. The molecule has 0 unspecified atom stereocenters. The van der Waals surface area contributed by atoms with Crippen LogP contribution in [0, 0.1) is 20.8 Å². The Hall–Kier alpha value is -3.91. The monoisotopic (exact) mass is 474 g/mol. The van der Waals surface area contributed by atoms with E-state index in [-0.39, 0.29) is 5.91 Å². The molecular formula is C26H26N4O3S. The number of carbonyl (C=O) groups is 1. The zero-order valence-electron chi connectivity index (χ0n) is 19.5. The number of aryl methyl sites for hydroxylation is 3. The maximum atomic E-state index is 13.4. The number of para-hydroxylation sites is 1. The second-order valence-electron chi connectivity index (χ2n) is 8.35. The van der Waals surface area contributed by atoms with E-state index in [9.17, 15) is 13.2 Å². The Kier molecular flexibility index (Phi) is 6.26. The number of sulfonamides is 1. The SMILES string of the molecule is Cc1ccc(-c2nn(-c3ccccc3)cc2C(=O)Nc2ccc(C)c(NS(C)(=O)=O)c2)c(C)c1. The summed E-state index contributed by atoms with van der Waals surface area (Å²) < 4.78 is 27.6. The Bertz CT molecular complexity index is 1480. The Morgan fingerprint density at radius 1 is 0.912 bits per heavy atom. The van der Waals surface area contributed by atoms with Gasteiger partial charge in [0.05, 0.1) is 23.2 Å². The predicted octanol–water partition coefficient (Wildman–Crippen LogP) is 5.09. The van der Waals surface area contributed by atoms with Crippen molar-refractivity contribution >= 4 is 27.3 Å². The van der Waals surface area contributed by atoms with E-state index < -0.39 is 10.0 Å². The van der Waals surface area contributed by atoms with E-state index in [1.54, 1.807) is 36.0 Å². The zero-order valence-corrected chi connectivity index (χ0v) is 20.3. The van der Waals surface area contributed by atoms with Crippen LogP contribution in [0.15, 0.2) is 72.9 Å². The van der Waals surface area contributed by atoms with E-state index in [0.717, 1.165) is 34.2 Å². The van der Waals surface area contributed by atoms with E-state index in [1.807, 2.05) is 56.3 Å². The van der Waals surface area contributed by atoms with Crippen LogP contribution in [0.4, 0.5) is 11.4 Å². The van der Waals surface area contributed by atoms with Crippen molar-refractivity contribution in [2.24, 2.45) is 0 Å². The summed E-state index contributed by atoms with van der Waals surface area (Å²) in [6.07, 6.45) is 2.80. The second-order valence-corrected chi connectivity index (χ2v) is 10.1. The van der Waals surface area contributed by atoms with Gasteiger partial charge < -0.3 is 5.32 Å². The Balaban J connectivity index is 1.75. The first kappa shape index (κ1) is 23.3. The van der Waals surface area contributed by atoms with Crippen LogP contribution in [0.1, 0.15) is 27.0 Å². The fourth-order valence-corrected chi connectivity index (χ4v) is 4.36. The molecule has 0 radical (unpaired) electrons. The third-order valence-electron chi connectivity index (χ3n) is 5.41. The Morgan fingerprint density at radius 2 is 1.65 bits per heavy atom. The van der Waals surface area contributed by atoms with Crippen LogP contribution in [0.5, 0.6) is 0 Å². The van der Waals surface area contributed by atoms with Crippen LogP contribution in [0.25, 0.3) is 16.9 Å². The standard InChI is InChI=1S/C26H26N4O3S/c1-17-10-13-22(19(3)14-17)25-23(16-30(28-25)21-8-6-5-7-9-21)26(31)27-20-12-11-18(2)24(15-20)29-34(4,32)33/h5-16,29H,1-4H3,(H,27,31). The maximum absolute atomic E-state index is 13.4. The molecule has 0 bridgehead atoms. The molecule has 3 aromatic carbocycles. The molecule has 1 aromatic heterocycles. The molecule has 1 amide bonds. The molecule has 0 saturated carbocycles. The molecule has 2 N–H and O–H groups in total. The molecule has 7 nitrogen and oxygen atoms in total. The van der Waals surface area contributed by atoms with Crippen LogP contribution in [0.3, 0.4) is 0 Å². The molecule has 0 saturated heterocycles. The minimum absolute atomic E-state index is 0.341. The molecule has 0 aliphatic heterocycles. The quantitative estimate of drug-likeness (QED) is 0.407. The summed E-state index contributed by atoms with van der Waals surface area (Å²) in [5, 5.41) is 7.64. The fourth-order valence-electron chi connectivity index (χ4n) is 3.74. The molecule has 4 aromatic rings. The van der Waals surface area contributed by atoms with E-state index in [0.29, 0.717) is 22.6 Å². The number of nitrogens with one attached hydrogen (secondary N) is 2. The van der Waals surface area contributed by atoms with Crippen LogP contribution in [-0.2, 0) is 10.0 Å². The van der Waals surface area contributed by atoms with Crippen LogP contribution >= 0.6 is 0 Å². The molecule has 0 aliphatic rings. The Morgan fingerprint density at radius 3 is 2.32 bits per heavy atom. The summed E-state index contributed by atoms with van der Waals surface area (Å²) in [6, 6.07) is 20.7. The van der Waals surface area contributed by atoms with Gasteiger partial charge in [-0.25, -0.2) is 13.1 Å². The van der Waals surface area contributed by atoms with Crippen molar-refractivity contribution < 1.29 is 13.2 Å². The highest BCUT2D eigenvalue weighted by molar-refractivity contribution is 7.92. The molecule has 1 heterocycles. The van der Waals surface area contributed by atoms with Crippen LogP contribution in [-0.4, -0.2) is 30.4 Å². The lowest BCUT2D eigenvalue weighted by atomic mass is 10.0. The first-order chi connectivity index (χ1) is 16.1. The highest BCUT2D eigenvalue weighted by atomic mass is 32.2. The number of rotatable bonds is 6. The fraction of sp³-hybridized carbons (Fsp3) is 0.154. The van der Waals surface area contributed by atoms with Crippen molar-refractivity contribution in [3.8, 4) is 16.9 Å². The average Bonchev–Trinajstić information content (AvgIpc) is 3.21. The van der Waals surface area contributed by atoms with Crippen molar-refractivity contribution in [2.75, 3.05) is 16.3 Å². The minimum Gasteiger partial charge on any atom is -0.322 e. The van der Waals surface area contributed by atoms with Gasteiger partial charge in [0.25, 0.3) is 5.91 Å². The Labute approximate surface area is 199 Å². The zero-order chi connectivity index (χ0) is 24.5.